The van der Waals surface area contributed by atoms with Crippen molar-refractivity contribution in [2.45, 2.75) is 33.7 Å². The number of nitrogens with one attached hydrogen (secondary N) is 1. The summed E-state index contributed by atoms with van der Waals surface area (Å²) in [6, 6.07) is 12.7. The van der Waals surface area contributed by atoms with Gasteiger partial charge in [0.2, 0.25) is 0 Å². The molecule has 0 fully saturated rings. The van der Waals surface area contributed by atoms with Crippen molar-refractivity contribution in [2.24, 2.45) is 5.92 Å². The van der Waals surface area contributed by atoms with Crippen LogP contribution in [-0.2, 0) is 6.54 Å². The summed E-state index contributed by atoms with van der Waals surface area (Å²) in [5.74, 6) is -0.146. The lowest BCUT2D eigenvalue weighted by Gasteiger charge is -2.25. The molecule has 0 aliphatic heterocycles. The smallest absolute Gasteiger partial charge is 0.330 e. The molecule has 0 saturated carbocycles. The molecule has 1 aromatic carbocycles. The van der Waals surface area contributed by atoms with Gasteiger partial charge < -0.3 is 10.6 Å². The van der Waals surface area contributed by atoms with Gasteiger partial charge in [0.05, 0.1) is 12.1 Å². The molecule has 0 spiro atoms. The Bertz CT molecular complexity index is 1160. The first kappa shape index (κ1) is 22.0. The second kappa shape index (κ2) is 9.42. The van der Waals surface area contributed by atoms with Crippen LogP contribution < -0.4 is 21.9 Å². The molecule has 3 N–H and O–H groups in total. The number of anilines is 2. The molecule has 0 atom stereocenters. The number of pyridine rings is 1. The largest absolute Gasteiger partial charge is 0.383 e. The number of aromatic nitrogens is 3. The minimum Gasteiger partial charge on any atom is -0.383 e. The molecular formula is C23H27N5O3. The van der Waals surface area contributed by atoms with Crippen molar-refractivity contribution in [3.8, 4) is 0 Å². The maximum Gasteiger partial charge on any atom is 0.330 e. The predicted octanol–water partition coefficient (Wildman–Crippen LogP) is 2.56. The first-order chi connectivity index (χ1) is 14.8. The Morgan fingerprint density at radius 1 is 1.16 bits per heavy atom. The third kappa shape index (κ3) is 5.09. The number of hydrogen-bond acceptors (Lipinski definition) is 5. The van der Waals surface area contributed by atoms with Crippen molar-refractivity contribution in [2.75, 3.05) is 17.2 Å². The summed E-state index contributed by atoms with van der Waals surface area (Å²) in [7, 11) is 0. The third-order valence-electron chi connectivity index (χ3n) is 5.00. The van der Waals surface area contributed by atoms with Crippen LogP contribution in [0.15, 0.2) is 58.3 Å². The highest BCUT2D eigenvalue weighted by molar-refractivity contribution is 6.07. The van der Waals surface area contributed by atoms with Gasteiger partial charge in [-0.05, 0) is 37.0 Å². The summed E-state index contributed by atoms with van der Waals surface area (Å²) < 4.78 is 1.27. The van der Waals surface area contributed by atoms with Crippen molar-refractivity contribution < 1.29 is 4.79 Å². The van der Waals surface area contributed by atoms with E-state index in [0.717, 1.165) is 11.3 Å². The van der Waals surface area contributed by atoms with Crippen LogP contribution in [0.4, 0.5) is 11.5 Å². The van der Waals surface area contributed by atoms with E-state index < -0.39 is 17.2 Å². The van der Waals surface area contributed by atoms with Gasteiger partial charge >= 0.3 is 5.69 Å². The summed E-state index contributed by atoms with van der Waals surface area (Å²) in [5, 5.41) is 0. The highest BCUT2D eigenvalue weighted by Crippen LogP contribution is 2.21. The number of amides is 1. The number of rotatable bonds is 7. The number of aryl methyl sites for hydroxylation is 1. The van der Waals surface area contributed by atoms with Gasteiger partial charge in [-0.2, -0.15) is 0 Å². The van der Waals surface area contributed by atoms with Crippen LogP contribution in [0.2, 0.25) is 0 Å². The molecule has 162 valence electrons. The van der Waals surface area contributed by atoms with Crippen molar-refractivity contribution in [3.63, 3.8) is 0 Å². The Balaban J connectivity index is 2.10. The number of hydrogen-bond donors (Lipinski definition) is 2. The second-order valence-corrected chi connectivity index (χ2v) is 7.89. The van der Waals surface area contributed by atoms with E-state index in [0.29, 0.717) is 17.9 Å². The van der Waals surface area contributed by atoms with Gasteiger partial charge in [-0.3, -0.25) is 24.1 Å². The molecular weight excluding hydrogens is 394 g/mol. The lowest BCUT2D eigenvalue weighted by molar-refractivity contribution is 0.0985. The standard InChI is InChI=1S/C23H27N5O3/c1-15(2)11-12-27(22(30)18-10-9-16(3)25-13-18)19-20(24)28(23(31)26-21(19)29)14-17-7-5-4-6-8-17/h4-10,13,15H,11-12,14,24H2,1-3H3,(H,26,29,31). The molecule has 8 nitrogen and oxygen atoms in total. The maximum absolute atomic E-state index is 13.3. The van der Waals surface area contributed by atoms with E-state index >= 15 is 0 Å². The van der Waals surface area contributed by atoms with Crippen LogP contribution in [0.3, 0.4) is 0 Å². The van der Waals surface area contributed by atoms with Crippen LogP contribution in [0.1, 0.15) is 41.9 Å². The topological polar surface area (TPSA) is 114 Å². The van der Waals surface area contributed by atoms with Crippen LogP contribution in [-0.4, -0.2) is 27.0 Å². The summed E-state index contributed by atoms with van der Waals surface area (Å²) in [5.41, 5.74) is 6.94. The molecule has 2 heterocycles. The van der Waals surface area contributed by atoms with Gasteiger partial charge in [-0.15, -0.1) is 0 Å². The number of aromatic amines is 1. The van der Waals surface area contributed by atoms with E-state index in [4.69, 9.17) is 5.73 Å². The Hall–Kier alpha value is -3.68. The summed E-state index contributed by atoms with van der Waals surface area (Å²) in [6.07, 6.45) is 2.13. The van der Waals surface area contributed by atoms with Gasteiger partial charge in [0.1, 0.15) is 5.82 Å². The molecule has 2 aromatic heterocycles. The molecule has 0 unspecified atom stereocenters. The highest BCUT2D eigenvalue weighted by atomic mass is 16.2. The van der Waals surface area contributed by atoms with E-state index in [1.165, 1.54) is 15.7 Å². The number of nitrogens with two attached hydrogens (primary N) is 1. The first-order valence-electron chi connectivity index (χ1n) is 10.2. The molecule has 1 amide bonds. The number of nitrogens with zero attached hydrogens (tertiary/aromatic N) is 3. The van der Waals surface area contributed by atoms with Crippen molar-refractivity contribution >= 4 is 17.4 Å². The summed E-state index contributed by atoms with van der Waals surface area (Å²) >= 11 is 0. The lowest BCUT2D eigenvalue weighted by atomic mass is 10.1. The minimum absolute atomic E-state index is 0.0262. The molecule has 8 heteroatoms. The number of benzene rings is 1. The van der Waals surface area contributed by atoms with E-state index in [9.17, 15) is 14.4 Å². The van der Waals surface area contributed by atoms with Gasteiger partial charge in [-0.25, -0.2) is 4.79 Å². The zero-order valence-electron chi connectivity index (χ0n) is 18.0. The number of nitrogen functional groups attached to an aromatic ring is 1. The van der Waals surface area contributed by atoms with Crippen molar-refractivity contribution in [1.29, 1.82) is 0 Å². The maximum atomic E-state index is 13.3. The van der Waals surface area contributed by atoms with Gasteiger partial charge in [0, 0.05) is 18.4 Å². The molecule has 3 rings (SSSR count). The van der Waals surface area contributed by atoms with Crippen LogP contribution in [0.5, 0.6) is 0 Å². The Morgan fingerprint density at radius 2 is 1.87 bits per heavy atom. The average molecular weight is 422 g/mol. The van der Waals surface area contributed by atoms with Crippen molar-refractivity contribution in [1.82, 2.24) is 14.5 Å². The van der Waals surface area contributed by atoms with Gasteiger partial charge in [0.25, 0.3) is 11.5 Å². The van der Waals surface area contributed by atoms with E-state index in [2.05, 4.69) is 9.97 Å². The van der Waals surface area contributed by atoms with Crippen LogP contribution in [0.25, 0.3) is 0 Å². The van der Waals surface area contributed by atoms with Gasteiger partial charge in [-0.1, -0.05) is 44.2 Å². The number of carbonyl (C=O) groups excluding carboxylic acids is 1. The van der Waals surface area contributed by atoms with Crippen LogP contribution in [0, 0.1) is 12.8 Å². The van der Waals surface area contributed by atoms with E-state index in [1.807, 2.05) is 51.1 Å². The SMILES string of the molecule is Cc1ccc(C(=O)N(CCC(C)C)c2c(N)n(Cc3ccccc3)c(=O)[nH]c2=O)cn1. The fourth-order valence-corrected chi connectivity index (χ4v) is 3.21. The van der Waals surface area contributed by atoms with E-state index in [1.54, 1.807) is 12.1 Å². The monoisotopic (exact) mass is 421 g/mol. The Kier molecular flexibility index (Phi) is 6.69. The average Bonchev–Trinajstić information content (AvgIpc) is 2.74. The molecule has 0 radical (unpaired) electrons. The molecule has 0 saturated heterocycles. The van der Waals surface area contributed by atoms with Crippen LogP contribution >= 0.6 is 0 Å². The third-order valence-corrected chi connectivity index (χ3v) is 5.00. The molecule has 0 aliphatic rings. The Labute approximate surface area is 180 Å². The molecule has 3 aromatic rings. The molecule has 0 bridgehead atoms. The second-order valence-electron chi connectivity index (χ2n) is 7.89. The molecule has 31 heavy (non-hydrogen) atoms. The zero-order valence-corrected chi connectivity index (χ0v) is 18.0. The highest BCUT2D eigenvalue weighted by Gasteiger charge is 2.25. The first-order valence-corrected chi connectivity index (χ1v) is 10.2. The van der Waals surface area contributed by atoms with Gasteiger partial charge in [0.15, 0.2) is 5.69 Å². The fourth-order valence-electron chi connectivity index (χ4n) is 3.21. The summed E-state index contributed by atoms with van der Waals surface area (Å²) in [6.45, 7) is 6.34. The fraction of sp³-hybridized carbons (Fsp3) is 0.304. The Morgan fingerprint density at radius 3 is 2.48 bits per heavy atom. The van der Waals surface area contributed by atoms with E-state index in [-0.39, 0.29) is 24.6 Å². The molecule has 0 aliphatic carbocycles. The number of H-pyrrole nitrogens is 1. The minimum atomic E-state index is -0.691. The number of carbonyl (C=O) groups is 1. The zero-order chi connectivity index (χ0) is 22.5. The quantitative estimate of drug-likeness (QED) is 0.609. The lowest BCUT2D eigenvalue weighted by Crippen LogP contribution is -2.42. The summed E-state index contributed by atoms with van der Waals surface area (Å²) in [4.78, 5) is 46.4. The van der Waals surface area contributed by atoms with Crippen molar-refractivity contribution in [3.05, 3.63) is 86.3 Å². The normalized spacial score (nSPS) is 11.0. The predicted molar refractivity (Wildman–Crippen MR) is 121 cm³/mol.